The van der Waals surface area contributed by atoms with Gasteiger partial charge in [0.25, 0.3) is 0 Å². The monoisotopic (exact) mass is 246 g/mol. The molecule has 1 rings (SSSR count). The molecule has 0 aliphatic rings. The molecule has 1 aromatic carbocycles. The molecule has 1 amide bonds. The van der Waals surface area contributed by atoms with Crippen LogP contribution in [0.4, 0.5) is 18.9 Å². The Morgan fingerprint density at radius 1 is 1.24 bits per heavy atom. The zero-order valence-corrected chi connectivity index (χ0v) is 9.32. The second-order valence-electron chi connectivity index (χ2n) is 3.48. The molecule has 0 atom stereocenters. The van der Waals surface area contributed by atoms with E-state index in [1.165, 1.54) is 0 Å². The number of carbonyl (C=O) groups is 1. The summed E-state index contributed by atoms with van der Waals surface area (Å²) in [6.07, 6.45) is 0.868. The van der Waals surface area contributed by atoms with Gasteiger partial charge in [-0.15, -0.1) is 0 Å². The quantitative estimate of drug-likeness (QED) is 0.616. The fourth-order valence-electron chi connectivity index (χ4n) is 1.21. The molecule has 0 unspecified atom stereocenters. The molecule has 0 aromatic heterocycles. The number of carbonyl (C=O) groups excluding carboxylic acids is 1. The Morgan fingerprint density at radius 3 is 2.35 bits per heavy atom. The van der Waals surface area contributed by atoms with Crippen molar-refractivity contribution >= 4 is 11.6 Å². The molecule has 0 saturated heterocycles. The maximum atomic E-state index is 12.8. The molecule has 0 radical (unpaired) electrons. The van der Waals surface area contributed by atoms with Gasteiger partial charge in [-0.05, 0) is 13.0 Å². The van der Waals surface area contributed by atoms with Gasteiger partial charge in [0.05, 0.1) is 6.54 Å². The summed E-state index contributed by atoms with van der Waals surface area (Å²) < 4.78 is 38.3. The molecule has 1 aromatic rings. The molecule has 17 heavy (non-hydrogen) atoms. The van der Waals surface area contributed by atoms with Gasteiger partial charge in [-0.2, -0.15) is 0 Å². The predicted octanol–water partition coefficient (Wildman–Crippen LogP) is 2.04. The first-order chi connectivity index (χ1) is 8.04. The van der Waals surface area contributed by atoms with Crippen LogP contribution in [0.1, 0.15) is 13.3 Å². The van der Waals surface area contributed by atoms with Gasteiger partial charge < -0.3 is 10.6 Å². The average molecular weight is 246 g/mol. The lowest BCUT2D eigenvalue weighted by atomic mass is 10.3. The van der Waals surface area contributed by atoms with Crippen LogP contribution in [-0.2, 0) is 4.79 Å². The minimum atomic E-state index is -1.55. The molecule has 6 heteroatoms. The van der Waals surface area contributed by atoms with E-state index >= 15 is 0 Å². The number of benzene rings is 1. The fourth-order valence-corrected chi connectivity index (χ4v) is 1.21. The summed E-state index contributed by atoms with van der Waals surface area (Å²) in [6, 6.07) is 1.46. The Bertz CT molecular complexity index is 387. The molecule has 0 aliphatic carbocycles. The molecule has 0 saturated carbocycles. The van der Waals surface area contributed by atoms with E-state index in [4.69, 9.17) is 0 Å². The highest BCUT2D eigenvalue weighted by atomic mass is 19.2. The van der Waals surface area contributed by atoms with Gasteiger partial charge in [-0.1, -0.05) is 6.92 Å². The molecule has 94 valence electrons. The van der Waals surface area contributed by atoms with Gasteiger partial charge in [0.1, 0.15) is 0 Å². The normalized spacial score (nSPS) is 10.4. The zero-order chi connectivity index (χ0) is 12.8. The Hall–Kier alpha value is -1.56. The summed E-state index contributed by atoms with van der Waals surface area (Å²) >= 11 is 0. The maximum absolute atomic E-state index is 12.8. The van der Waals surface area contributed by atoms with Gasteiger partial charge in [0, 0.05) is 17.8 Å². The van der Waals surface area contributed by atoms with E-state index in [0.717, 1.165) is 18.6 Å². The molecule has 3 nitrogen and oxygen atoms in total. The van der Waals surface area contributed by atoms with Gasteiger partial charge in [0.2, 0.25) is 5.91 Å². The number of rotatable bonds is 5. The van der Waals surface area contributed by atoms with Gasteiger partial charge in [-0.25, -0.2) is 13.2 Å². The van der Waals surface area contributed by atoms with E-state index in [0.29, 0.717) is 6.54 Å². The van der Waals surface area contributed by atoms with Crippen molar-refractivity contribution in [3.63, 3.8) is 0 Å². The number of hydrogen-bond donors (Lipinski definition) is 2. The van der Waals surface area contributed by atoms with E-state index in [1.54, 1.807) is 0 Å². The standard InChI is InChI=1S/C11H13F3N2O/c1-2-3-15-6-10(17)16-7-4-8(12)11(14)9(13)5-7/h4-5,15H,2-3,6H2,1H3,(H,16,17). The van der Waals surface area contributed by atoms with Crippen LogP contribution in [0.2, 0.25) is 0 Å². The van der Waals surface area contributed by atoms with Crippen molar-refractivity contribution in [3.8, 4) is 0 Å². The average Bonchev–Trinajstić information content (AvgIpc) is 2.26. The summed E-state index contributed by atoms with van der Waals surface area (Å²) in [5, 5.41) is 5.08. The van der Waals surface area contributed by atoms with E-state index < -0.39 is 23.4 Å². The van der Waals surface area contributed by atoms with Crippen molar-refractivity contribution in [1.29, 1.82) is 0 Å². The van der Waals surface area contributed by atoms with E-state index in [-0.39, 0.29) is 12.2 Å². The van der Waals surface area contributed by atoms with Gasteiger partial charge >= 0.3 is 0 Å². The number of anilines is 1. The number of halogens is 3. The van der Waals surface area contributed by atoms with E-state index in [1.807, 2.05) is 6.92 Å². The lowest BCUT2D eigenvalue weighted by Crippen LogP contribution is -2.28. The number of hydrogen-bond acceptors (Lipinski definition) is 2. The third kappa shape index (κ3) is 4.07. The van der Waals surface area contributed by atoms with Crippen molar-refractivity contribution in [3.05, 3.63) is 29.6 Å². The van der Waals surface area contributed by atoms with E-state index in [9.17, 15) is 18.0 Å². The van der Waals surface area contributed by atoms with Crippen molar-refractivity contribution in [1.82, 2.24) is 5.32 Å². The molecule has 0 bridgehead atoms. The van der Waals surface area contributed by atoms with Crippen LogP contribution < -0.4 is 10.6 Å². The first-order valence-corrected chi connectivity index (χ1v) is 5.19. The second kappa shape index (κ2) is 6.24. The highest BCUT2D eigenvalue weighted by Gasteiger charge is 2.11. The third-order valence-electron chi connectivity index (χ3n) is 1.98. The van der Waals surface area contributed by atoms with Gasteiger partial charge in [0.15, 0.2) is 17.5 Å². The molecular formula is C11H13F3N2O. The zero-order valence-electron chi connectivity index (χ0n) is 9.32. The lowest BCUT2D eigenvalue weighted by molar-refractivity contribution is -0.115. The first-order valence-electron chi connectivity index (χ1n) is 5.19. The molecule has 0 aliphatic heterocycles. The molecule has 0 heterocycles. The Labute approximate surface area is 97.0 Å². The highest BCUT2D eigenvalue weighted by Crippen LogP contribution is 2.16. The van der Waals surface area contributed by atoms with Crippen LogP contribution >= 0.6 is 0 Å². The third-order valence-corrected chi connectivity index (χ3v) is 1.98. The molecule has 0 fully saturated rings. The van der Waals surface area contributed by atoms with E-state index in [2.05, 4.69) is 10.6 Å². The van der Waals surface area contributed by atoms with Crippen LogP contribution in [0.5, 0.6) is 0 Å². The fraction of sp³-hybridized carbons (Fsp3) is 0.364. The summed E-state index contributed by atoms with van der Waals surface area (Å²) in [6.45, 7) is 2.64. The number of nitrogens with one attached hydrogen (secondary N) is 2. The first kappa shape index (κ1) is 13.5. The van der Waals surface area contributed by atoms with Crippen LogP contribution in [-0.4, -0.2) is 19.0 Å². The van der Waals surface area contributed by atoms with Crippen LogP contribution in [0.3, 0.4) is 0 Å². The molecule has 2 N–H and O–H groups in total. The van der Waals surface area contributed by atoms with Gasteiger partial charge in [-0.3, -0.25) is 4.79 Å². The van der Waals surface area contributed by atoms with Crippen molar-refractivity contribution < 1.29 is 18.0 Å². The predicted molar refractivity (Wildman–Crippen MR) is 58.1 cm³/mol. The highest BCUT2D eigenvalue weighted by molar-refractivity contribution is 5.92. The Balaban J connectivity index is 2.60. The summed E-state index contributed by atoms with van der Waals surface area (Å²) in [7, 11) is 0. The Kier molecular flexibility index (Phi) is 4.96. The lowest BCUT2D eigenvalue weighted by Gasteiger charge is -2.06. The minimum absolute atomic E-state index is 0.0362. The van der Waals surface area contributed by atoms with Crippen molar-refractivity contribution in [2.45, 2.75) is 13.3 Å². The summed E-state index contributed by atoms with van der Waals surface area (Å²) in [4.78, 5) is 11.3. The SMILES string of the molecule is CCCNCC(=O)Nc1cc(F)c(F)c(F)c1. The summed E-state index contributed by atoms with van der Waals surface area (Å²) in [5.74, 6) is -4.65. The van der Waals surface area contributed by atoms with Crippen molar-refractivity contribution in [2.75, 3.05) is 18.4 Å². The summed E-state index contributed by atoms with van der Waals surface area (Å²) in [5.41, 5.74) is -0.107. The smallest absolute Gasteiger partial charge is 0.238 e. The molecule has 0 spiro atoms. The molecular weight excluding hydrogens is 233 g/mol. The van der Waals surface area contributed by atoms with Crippen LogP contribution in [0, 0.1) is 17.5 Å². The van der Waals surface area contributed by atoms with Crippen molar-refractivity contribution in [2.24, 2.45) is 0 Å². The minimum Gasteiger partial charge on any atom is -0.325 e. The maximum Gasteiger partial charge on any atom is 0.238 e. The second-order valence-corrected chi connectivity index (χ2v) is 3.48. The largest absolute Gasteiger partial charge is 0.325 e. The van der Waals surface area contributed by atoms with Crippen LogP contribution in [0.15, 0.2) is 12.1 Å². The topological polar surface area (TPSA) is 41.1 Å². The Morgan fingerprint density at radius 2 is 1.82 bits per heavy atom. The number of amides is 1. The van der Waals surface area contributed by atoms with Crippen LogP contribution in [0.25, 0.3) is 0 Å².